The van der Waals surface area contributed by atoms with E-state index < -0.39 is 11.6 Å². The number of hydrogen-bond acceptors (Lipinski definition) is 2. The van der Waals surface area contributed by atoms with Crippen molar-refractivity contribution in [3.05, 3.63) is 65.7 Å². The van der Waals surface area contributed by atoms with Crippen LogP contribution in [0.15, 0.2) is 53.5 Å². The first-order valence-corrected chi connectivity index (χ1v) is 5.96. The average Bonchev–Trinajstić information content (AvgIpc) is 2.47. The zero-order valence-corrected chi connectivity index (χ0v) is 10.6. The smallest absolute Gasteiger partial charge is 0.210 e. The molecule has 0 fully saturated rings. The molecular formula is C14H14F2N4. The summed E-state index contributed by atoms with van der Waals surface area (Å²) in [4.78, 5) is 4.07. The summed E-state index contributed by atoms with van der Waals surface area (Å²) in [7, 11) is 0. The second-order valence-electron chi connectivity index (χ2n) is 4.04. The molecule has 0 atom stereocenters. The summed E-state index contributed by atoms with van der Waals surface area (Å²) in [6.45, 7) is -0.0248. The molecule has 2 rings (SSSR count). The topological polar surface area (TPSA) is 62.4 Å². The molecule has 0 unspecified atom stereocenters. The molecule has 0 aliphatic heterocycles. The van der Waals surface area contributed by atoms with Gasteiger partial charge < -0.3 is 5.32 Å². The quantitative estimate of drug-likeness (QED) is 0.349. The molecule has 0 amide bonds. The zero-order chi connectivity index (χ0) is 14.4. The van der Waals surface area contributed by atoms with Gasteiger partial charge in [0, 0.05) is 11.3 Å². The van der Waals surface area contributed by atoms with Gasteiger partial charge in [0.15, 0.2) is 0 Å². The van der Waals surface area contributed by atoms with Gasteiger partial charge in [-0.1, -0.05) is 18.2 Å². The number of nitrogens with one attached hydrogen (secondary N) is 2. The number of nitrogens with two attached hydrogens (primary N) is 1. The Labute approximate surface area is 115 Å². The van der Waals surface area contributed by atoms with Gasteiger partial charge in [0.2, 0.25) is 5.96 Å². The molecule has 6 heteroatoms. The second-order valence-corrected chi connectivity index (χ2v) is 4.04. The van der Waals surface area contributed by atoms with Crippen LogP contribution in [-0.2, 0) is 6.54 Å². The molecule has 0 aromatic heterocycles. The van der Waals surface area contributed by atoms with Gasteiger partial charge in [-0.2, -0.15) is 0 Å². The van der Waals surface area contributed by atoms with Crippen molar-refractivity contribution in [2.24, 2.45) is 10.8 Å². The Morgan fingerprint density at radius 2 is 1.85 bits per heavy atom. The lowest BCUT2D eigenvalue weighted by Crippen LogP contribution is -2.36. The maximum absolute atomic E-state index is 13.4. The fraction of sp³-hybridized carbons (Fsp3) is 0.0714. The summed E-state index contributed by atoms with van der Waals surface area (Å²) in [5, 5.41) is 2.93. The Hall–Kier alpha value is -2.47. The van der Waals surface area contributed by atoms with Gasteiger partial charge in [-0.15, -0.1) is 0 Å². The van der Waals surface area contributed by atoms with E-state index in [0.717, 1.165) is 23.9 Å². The maximum atomic E-state index is 13.4. The molecule has 20 heavy (non-hydrogen) atoms. The third kappa shape index (κ3) is 3.76. The number of rotatable bonds is 3. The first-order valence-electron chi connectivity index (χ1n) is 5.96. The summed E-state index contributed by atoms with van der Waals surface area (Å²) in [5.41, 5.74) is 3.32. The summed E-state index contributed by atoms with van der Waals surface area (Å²) >= 11 is 0. The van der Waals surface area contributed by atoms with Crippen LogP contribution >= 0.6 is 0 Å². The number of aliphatic imine (C=N–C) groups is 1. The van der Waals surface area contributed by atoms with Crippen LogP contribution in [0.3, 0.4) is 0 Å². The van der Waals surface area contributed by atoms with E-state index in [1.54, 1.807) is 0 Å². The van der Waals surface area contributed by atoms with Crippen LogP contribution in [0.2, 0.25) is 0 Å². The van der Waals surface area contributed by atoms with E-state index in [-0.39, 0.29) is 18.1 Å². The highest BCUT2D eigenvalue weighted by atomic mass is 19.1. The van der Waals surface area contributed by atoms with Gasteiger partial charge in [-0.05, 0) is 30.3 Å². The van der Waals surface area contributed by atoms with Crippen LogP contribution in [0.5, 0.6) is 0 Å². The number of nitrogens with zero attached hydrogens (tertiary/aromatic N) is 1. The van der Waals surface area contributed by atoms with E-state index in [0.29, 0.717) is 0 Å². The number of guanidine groups is 1. The standard InChI is InChI=1S/C14H14F2N4/c15-11-6-7-13(16)10(8-11)9-18-14(20-17)19-12-4-2-1-3-5-12/h1-8H,9,17H2,(H2,18,19,20). The molecule has 0 aliphatic rings. The Morgan fingerprint density at radius 1 is 1.10 bits per heavy atom. The Morgan fingerprint density at radius 3 is 2.55 bits per heavy atom. The molecule has 0 heterocycles. The summed E-state index contributed by atoms with van der Waals surface area (Å²) in [5.74, 6) is 4.59. The van der Waals surface area contributed by atoms with Crippen LogP contribution < -0.4 is 16.6 Å². The van der Waals surface area contributed by atoms with Crippen LogP contribution in [0.4, 0.5) is 14.5 Å². The van der Waals surface area contributed by atoms with Crippen molar-refractivity contribution >= 4 is 11.6 Å². The number of hydrogen-bond donors (Lipinski definition) is 3. The van der Waals surface area contributed by atoms with Crippen LogP contribution in [0.1, 0.15) is 5.56 Å². The monoisotopic (exact) mass is 276 g/mol. The molecule has 2 aromatic carbocycles. The van der Waals surface area contributed by atoms with Gasteiger partial charge in [0.05, 0.1) is 6.54 Å². The normalized spacial score (nSPS) is 11.2. The molecule has 0 saturated carbocycles. The molecule has 0 aliphatic carbocycles. The highest BCUT2D eigenvalue weighted by molar-refractivity contribution is 5.93. The lowest BCUT2D eigenvalue weighted by molar-refractivity contribution is 0.586. The first-order chi connectivity index (χ1) is 9.69. The van der Waals surface area contributed by atoms with E-state index in [2.05, 4.69) is 15.7 Å². The molecule has 0 radical (unpaired) electrons. The lowest BCUT2D eigenvalue weighted by atomic mass is 10.2. The molecule has 2 aromatic rings. The van der Waals surface area contributed by atoms with Crippen LogP contribution in [0.25, 0.3) is 0 Å². The van der Waals surface area contributed by atoms with Crippen molar-refractivity contribution in [2.75, 3.05) is 5.32 Å². The largest absolute Gasteiger partial charge is 0.325 e. The minimum atomic E-state index is -0.508. The van der Waals surface area contributed by atoms with E-state index >= 15 is 0 Å². The Bertz CT molecular complexity index is 599. The fourth-order valence-corrected chi connectivity index (χ4v) is 1.61. The molecular weight excluding hydrogens is 262 g/mol. The van der Waals surface area contributed by atoms with Gasteiger partial charge in [-0.3, -0.25) is 5.43 Å². The van der Waals surface area contributed by atoms with Crippen molar-refractivity contribution in [3.8, 4) is 0 Å². The summed E-state index contributed by atoms with van der Waals surface area (Å²) < 4.78 is 26.5. The molecule has 0 bridgehead atoms. The van der Waals surface area contributed by atoms with Gasteiger partial charge in [0.1, 0.15) is 11.6 Å². The minimum absolute atomic E-state index is 0.0248. The lowest BCUT2D eigenvalue weighted by Gasteiger charge is -2.09. The second kappa shape index (κ2) is 6.63. The molecule has 0 spiro atoms. The first kappa shape index (κ1) is 14.0. The number of para-hydroxylation sites is 1. The highest BCUT2D eigenvalue weighted by Gasteiger charge is 2.04. The number of halogens is 2. The number of benzene rings is 2. The summed E-state index contributed by atoms with van der Waals surface area (Å²) in [6.07, 6.45) is 0. The van der Waals surface area contributed by atoms with Crippen molar-refractivity contribution in [3.63, 3.8) is 0 Å². The van der Waals surface area contributed by atoms with Crippen molar-refractivity contribution in [1.82, 2.24) is 5.43 Å². The third-order valence-corrected chi connectivity index (χ3v) is 2.59. The van der Waals surface area contributed by atoms with Gasteiger partial charge >= 0.3 is 0 Å². The molecule has 4 nitrogen and oxygen atoms in total. The Balaban J connectivity index is 2.09. The molecule has 104 valence electrons. The fourth-order valence-electron chi connectivity index (χ4n) is 1.61. The van der Waals surface area contributed by atoms with Crippen LogP contribution in [0, 0.1) is 11.6 Å². The average molecular weight is 276 g/mol. The van der Waals surface area contributed by atoms with Crippen molar-refractivity contribution in [1.29, 1.82) is 0 Å². The highest BCUT2D eigenvalue weighted by Crippen LogP contribution is 2.11. The van der Waals surface area contributed by atoms with E-state index in [1.165, 1.54) is 0 Å². The predicted molar refractivity (Wildman–Crippen MR) is 74.9 cm³/mol. The Kier molecular flexibility index (Phi) is 4.62. The van der Waals surface area contributed by atoms with Gasteiger partial charge in [0.25, 0.3) is 0 Å². The number of hydrazine groups is 1. The molecule has 0 saturated heterocycles. The van der Waals surface area contributed by atoms with Gasteiger partial charge in [-0.25, -0.2) is 19.6 Å². The minimum Gasteiger partial charge on any atom is -0.325 e. The number of anilines is 1. The maximum Gasteiger partial charge on any atom is 0.210 e. The van der Waals surface area contributed by atoms with Crippen LogP contribution in [-0.4, -0.2) is 5.96 Å². The summed E-state index contributed by atoms with van der Waals surface area (Å²) in [6, 6.07) is 12.5. The predicted octanol–water partition coefficient (Wildman–Crippen LogP) is 2.40. The molecule has 4 N–H and O–H groups in total. The van der Waals surface area contributed by atoms with Crippen molar-refractivity contribution < 1.29 is 8.78 Å². The van der Waals surface area contributed by atoms with Crippen molar-refractivity contribution in [2.45, 2.75) is 6.54 Å². The van der Waals surface area contributed by atoms with E-state index in [1.807, 2.05) is 30.3 Å². The SMILES string of the molecule is NNC(=NCc1cc(F)ccc1F)Nc1ccccc1. The third-order valence-electron chi connectivity index (χ3n) is 2.59. The van der Waals surface area contributed by atoms with E-state index in [9.17, 15) is 8.78 Å². The van der Waals surface area contributed by atoms with E-state index in [4.69, 9.17) is 5.84 Å². The zero-order valence-electron chi connectivity index (χ0n) is 10.6.